The smallest absolute Gasteiger partial charge is 0.338 e. The summed E-state index contributed by atoms with van der Waals surface area (Å²) in [5.41, 5.74) is 1.27. The minimum absolute atomic E-state index is 0.218. The number of ether oxygens (including phenoxy) is 2. The van der Waals surface area contributed by atoms with Crippen LogP contribution in [0.3, 0.4) is 0 Å². The summed E-state index contributed by atoms with van der Waals surface area (Å²) in [4.78, 5) is 35.2. The Kier molecular flexibility index (Phi) is 6.11. The van der Waals surface area contributed by atoms with Crippen LogP contribution in [0.1, 0.15) is 20.7 Å². The van der Waals surface area contributed by atoms with Crippen molar-refractivity contribution >= 4 is 23.5 Å². The van der Waals surface area contributed by atoms with Crippen molar-refractivity contribution in [1.82, 2.24) is 5.32 Å². The van der Waals surface area contributed by atoms with Gasteiger partial charge in [-0.05, 0) is 42.5 Å². The summed E-state index contributed by atoms with van der Waals surface area (Å²) in [6.45, 7) is -0.423. The van der Waals surface area contributed by atoms with E-state index in [1.54, 1.807) is 42.5 Å². The SMILES string of the molecule is CNC(=O)c1ccc(NC(=O)COC(=O)c2cccc(OC)c2)cc1. The molecule has 0 unspecified atom stereocenters. The van der Waals surface area contributed by atoms with Crippen molar-refractivity contribution in [1.29, 1.82) is 0 Å². The fourth-order valence-electron chi connectivity index (χ4n) is 2.01. The molecule has 0 heterocycles. The highest BCUT2D eigenvalue weighted by Crippen LogP contribution is 2.13. The zero-order valence-electron chi connectivity index (χ0n) is 13.9. The Morgan fingerprint density at radius 2 is 1.72 bits per heavy atom. The molecule has 0 spiro atoms. The number of carbonyl (C=O) groups is 3. The van der Waals surface area contributed by atoms with Crippen LogP contribution in [0, 0.1) is 0 Å². The number of carbonyl (C=O) groups excluding carboxylic acids is 3. The van der Waals surface area contributed by atoms with Gasteiger partial charge in [0.25, 0.3) is 11.8 Å². The third-order valence-corrected chi connectivity index (χ3v) is 3.30. The van der Waals surface area contributed by atoms with Crippen LogP contribution in [-0.2, 0) is 9.53 Å². The quantitative estimate of drug-likeness (QED) is 0.782. The number of nitrogens with one attached hydrogen (secondary N) is 2. The minimum Gasteiger partial charge on any atom is -0.497 e. The number of benzene rings is 2. The summed E-state index contributed by atoms with van der Waals surface area (Å²) < 4.78 is 10.00. The summed E-state index contributed by atoms with van der Waals surface area (Å²) in [7, 11) is 3.03. The number of esters is 1. The van der Waals surface area contributed by atoms with E-state index in [9.17, 15) is 14.4 Å². The van der Waals surface area contributed by atoms with Gasteiger partial charge >= 0.3 is 5.97 Å². The topological polar surface area (TPSA) is 93.7 Å². The molecule has 2 aromatic rings. The molecule has 0 aliphatic carbocycles. The maximum Gasteiger partial charge on any atom is 0.338 e. The largest absolute Gasteiger partial charge is 0.497 e. The monoisotopic (exact) mass is 342 g/mol. The molecule has 0 aromatic heterocycles. The Hall–Kier alpha value is -3.35. The van der Waals surface area contributed by atoms with Gasteiger partial charge in [-0.25, -0.2) is 4.79 Å². The standard InChI is InChI=1S/C18H18N2O5/c1-19-17(22)12-6-8-14(9-7-12)20-16(21)11-25-18(23)13-4-3-5-15(10-13)24-2/h3-10H,11H2,1-2H3,(H,19,22)(H,20,21). The van der Waals surface area contributed by atoms with Crippen LogP contribution in [0.5, 0.6) is 5.75 Å². The van der Waals surface area contributed by atoms with Gasteiger partial charge in [-0.3, -0.25) is 9.59 Å². The normalized spacial score (nSPS) is 9.84. The molecule has 0 bridgehead atoms. The lowest BCUT2D eigenvalue weighted by atomic mass is 10.2. The van der Waals surface area contributed by atoms with Gasteiger partial charge in [-0.1, -0.05) is 6.07 Å². The molecule has 2 rings (SSSR count). The third kappa shape index (κ3) is 5.07. The number of amides is 2. The molecule has 25 heavy (non-hydrogen) atoms. The van der Waals surface area contributed by atoms with E-state index in [4.69, 9.17) is 9.47 Å². The number of hydrogen-bond donors (Lipinski definition) is 2. The Morgan fingerprint density at radius 1 is 1.00 bits per heavy atom. The van der Waals surface area contributed by atoms with Gasteiger partial charge in [0, 0.05) is 18.3 Å². The molecular formula is C18H18N2O5. The lowest BCUT2D eigenvalue weighted by Gasteiger charge is -2.08. The first-order valence-electron chi connectivity index (χ1n) is 7.46. The van der Waals surface area contributed by atoms with Crippen molar-refractivity contribution in [2.24, 2.45) is 0 Å². The predicted molar refractivity (Wildman–Crippen MR) is 91.7 cm³/mol. The molecule has 0 aliphatic rings. The molecule has 0 aliphatic heterocycles. The van der Waals surface area contributed by atoms with E-state index < -0.39 is 18.5 Å². The fraction of sp³-hybridized carbons (Fsp3) is 0.167. The highest BCUT2D eigenvalue weighted by atomic mass is 16.5. The summed E-state index contributed by atoms with van der Waals surface area (Å²) >= 11 is 0. The van der Waals surface area contributed by atoms with E-state index in [1.807, 2.05) is 0 Å². The Labute approximate surface area is 144 Å². The first-order chi connectivity index (χ1) is 12.0. The minimum atomic E-state index is -0.621. The average Bonchev–Trinajstić information content (AvgIpc) is 2.66. The molecule has 2 aromatic carbocycles. The predicted octanol–water partition coefficient (Wildman–Crippen LogP) is 1.85. The Bertz CT molecular complexity index is 771. The van der Waals surface area contributed by atoms with Crippen molar-refractivity contribution < 1.29 is 23.9 Å². The van der Waals surface area contributed by atoms with Crippen molar-refractivity contribution in [3.8, 4) is 5.75 Å². The van der Waals surface area contributed by atoms with Crippen LogP contribution in [0.4, 0.5) is 5.69 Å². The summed E-state index contributed by atoms with van der Waals surface area (Å²) in [5.74, 6) is -0.798. The summed E-state index contributed by atoms with van der Waals surface area (Å²) in [5, 5.41) is 5.09. The van der Waals surface area contributed by atoms with Gasteiger partial charge in [0.2, 0.25) is 0 Å². The molecule has 0 saturated heterocycles. The van der Waals surface area contributed by atoms with Crippen LogP contribution in [0.2, 0.25) is 0 Å². The van der Waals surface area contributed by atoms with Crippen LogP contribution in [0.25, 0.3) is 0 Å². The lowest BCUT2D eigenvalue weighted by molar-refractivity contribution is -0.119. The molecule has 0 atom stereocenters. The van der Waals surface area contributed by atoms with E-state index in [1.165, 1.54) is 20.2 Å². The van der Waals surface area contributed by atoms with Crippen molar-refractivity contribution in [2.45, 2.75) is 0 Å². The van der Waals surface area contributed by atoms with Gasteiger partial charge in [0.05, 0.1) is 12.7 Å². The summed E-state index contributed by atoms with van der Waals surface area (Å²) in [6.07, 6.45) is 0. The van der Waals surface area contributed by atoms with Crippen molar-refractivity contribution in [2.75, 3.05) is 26.1 Å². The van der Waals surface area contributed by atoms with E-state index in [2.05, 4.69) is 10.6 Å². The van der Waals surface area contributed by atoms with Crippen molar-refractivity contribution in [3.63, 3.8) is 0 Å². The molecule has 2 amide bonds. The highest BCUT2D eigenvalue weighted by molar-refractivity contribution is 5.97. The molecule has 130 valence electrons. The second-order valence-corrected chi connectivity index (χ2v) is 5.01. The summed E-state index contributed by atoms with van der Waals surface area (Å²) in [6, 6.07) is 12.8. The lowest BCUT2D eigenvalue weighted by Crippen LogP contribution is -2.21. The van der Waals surface area contributed by atoms with E-state index in [-0.39, 0.29) is 5.91 Å². The molecule has 7 heteroatoms. The highest BCUT2D eigenvalue weighted by Gasteiger charge is 2.11. The average molecular weight is 342 g/mol. The molecule has 0 saturated carbocycles. The Balaban J connectivity index is 1.87. The maximum atomic E-state index is 11.9. The third-order valence-electron chi connectivity index (χ3n) is 3.30. The van der Waals surface area contributed by atoms with E-state index in [0.717, 1.165) is 0 Å². The second kappa shape index (κ2) is 8.49. The van der Waals surface area contributed by atoms with E-state index >= 15 is 0 Å². The number of hydrogen-bond acceptors (Lipinski definition) is 5. The van der Waals surface area contributed by atoms with Gasteiger partial charge in [-0.15, -0.1) is 0 Å². The van der Waals surface area contributed by atoms with Gasteiger partial charge in [0.1, 0.15) is 5.75 Å². The van der Waals surface area contributed by atoms with Crippen LogP contribution < -0.4 is 15.4 Å². The molecule has 7 nitrogen and oxygen atoms in total. The Morgan fingerprint density at radius 3 is 2.36 bits per heavy atom. The number of anilines is 1. The maximum absolute atomic E-state index is 11.9. The molecule has 0 fully saturated rings. The van der Waals surface area contributed by atoms with Gasteiger partial charge in [0.15, 0.2) is 6.61 Å². The molecule has 0 radical (unpaired) electrons. The fourth-order valence-corrected chi connectivity index (χ4v) is 2.01. The van der Waals surface area contributed by atoms with E-state index in [0.29, 0.717) is 22.6 Å². The van der Waals surface area contributed by atoms with Gasteiger partial charge < -0.3 is 20.1 Å². The van der Waals surface area contributed by atoms with Crippen LogP contribution in [-0.4, -0.2) is 38.5 Å². The first-order valence-corrected chi connectivity index (χ1v) is 7.46. The second-order valence-electron chi connectivity index (χ2n) is 5.01. The first kappa shape index (κ1) is 18.0. The number of methoxy groups -OCH3 is 1. The zero-order valence-corrected chi connectivity index (χ0v) is 13.9. The molecule has 2 N–H and O–H groups in total. The molecular weight excluding hydrogens is 324 g/mol. The van der Waals surface area contributed by atoms with Crippen LogP contribution >= 0.6 is 0 Å². The van der Waals surface area contributed by atoms with Crippen molar-refractivity contribution in [3.05, 3.63) is 59.7 Å². The van der Waals surface area contributed by atoms with Gasteiger partial charge in [-0.2, -0.15) is 0 Å². The van der Waals surface area contributed by atoms with Crippen LogP contribution in [0.15, 0.2) is 48.5 Å². The zero-order chi connectivity index (χ0) is 18.2. The number of rotatable bonds is 6.